The van der Waals surface area contributed by atoms with E-state index in [1.165, 1.54) is 5.56 Å². The van der Waals surface area contributed by atoms with Crippen LogP contribution in [0.5, 0.6) is 0 Å². The lowest BCUT2D eigenvalue weighted by Gasteiger charge is -2.41. The number of anilines is 2. The molecule has 2 aliphatic rings. The Bertz CT molecular complexity index is 919. The van der Waals surface area contributed by atoms with Crippen molar-refractivity contribution in [3.8, 4) is 0 Å². The predicted molar refractivity (Wildman–Crippen MR) is 123 cm³/mol. The molecular formula is C24H31N5O2. The minimum Gasteiger partial charge on any atom is -0.336 e. The highest BCUT2D eigenvalue weighted by molar-refractivity contribution is 5.95. The van der Waals surface area contributed by atoms with Crippen LogP contribution in [0, 0.1) is 5.92 Å². The number of urea groups is 2. The van der Waals surface area contributed by atoms with Crippen LogP contribution in [0.25, 0.3) is 0 Å². The molecule has 2 aromatic rings. The molecule has 0 bridgehead atoms. The Morgan fingerprint density at radius 3 is 2.68 bits per heavy atom. The second-order valence-electron chi connectivity index (χ2n) is 8.53. The van der Waals surface area contributed by atoms with Gasteiger partial charge in [-0.2, -0.15) is 0 Å². The predicted octanol–water partition coefficient (Wildman–Crippen LogP) is 3.59. The lowest BCUT2D eigenvalue weighted by molar-refractivity contribution is 0.0933. The van der Waals surface area contributed by atoms with Gasteiger partial charge in [-0.05, 0) is 36.1 Å². The third-order valence-corrected chi connectivity index (χ3v) is 6.28. The summed E-state index contributed by atoms with van der Waals surface area (Å²) in [6, 6.07) is 18.0. The molecule has 2 aromatic carbocycles. The molecule has 4 rings (SSSR count). The molecule has 0 saturated carbocycles. The van der Waals surface area contributed by atoms with E-state index in [0.29, 0.717) is 24.7 Å². The number of nitrogens with zero attached hydrogens (tertiary/aromatic N) is 3. The first-order valence-corrected chi connectivity index (χ1v) is 11.0. The molecule has 0 radical (unpaired) electrons. The van der Waals surface area contributed by atoms with Crippen LogP contribution < -0.4 is 15.5 Å². The minimum absolute atomic E-state index is 0.100. The summed E-state index contributed by atoms with van der Waals surface area (Å²) in [7, 11) is 1.88. The molecule has 2 heterocycles. The number of piperidine rings is 1. The zero-order valence-corrected chi connectivity index (χ0v) is 18.3. The standard InChI is InChI=1S/C24H31N5O2/c1-18-16-28(17-19-7-4-3-5-8-19)13-11-22(18)27(2)24(31)26-20-9-6-10-21(15-20)29-14-12-25-23(29)30/h3-10,15,18,22H,11-14,16-17H2,1-2H3,(H,25,30)(H,26,31)/t18-,22+/m0/s1. The SMILES string of the molecule is C[C@H]1CN(Cc2ccccc2)CC[C@H]1N(C)C(=O)Nc1cccc(N2CCNC2=O)c1. The molecular weight excluding hydrogens is 390 g/mol. The van der Waals surface area contributed by atoms with Crippen LogP contribution in [0.15, 0.2) is 54.6 Å². The summed E-state index contributed by atoms with van der Waals surface area (Å²) >= 11 is 0. The summed E-state index contributed by atoms with van der Waals surface area (Å²) in [4.78, 5) is 30.8. The number of carbonyl (C=O) groups excluding carboxylic acids is 2. The highest BCUT2D eigenvalue weighted by Crippen LogP contribution is 2.25. The molecule has 31 heavy (non-hydrogen) atoms. The molecule has 4 amide bonds. The number of amides is 4. The zero-order valence-electron chi connectivity index (χ0n) is 18.3. The van der Waals surface area contributed by atoms with Crippen molar-refractivity contribution in [3.63, 3.8) is 0 Å². The fraction of sp³-hybridized carbons (Fsp3) is 0.417. The maximum Gasteiger partial charge on any atom is 0.321 e. The second kappa shape index (κ2) is 9.39. The Morgan fingerprint density at radius 2 is 1.97 bits per heavy atom. The smallest absolute Gasteiger partial charge is 0.321 e. The van der Waals surface area contributed by atoms with Gasteiger partial charge >= 0.3 is 12.1 Å². The van der Waals surface area contributed by atoms with E-state index < -0.39 is 0 Å². The van der Waals surface area contributed by atoms with E-state index in [0.717, 1.165) is 31.7 Å². The first-order valence-electron chi connectivity index (χ1n) is 11.0. The number of hydrogen-bond donors (Lipinski definition) is 2. The van der Waals surface area contributed by atoms with Gasteiger partial charge in [0, 0.05) is 57.2 Å². The van der Waals surface area contributed by atoms with Crippen molar-refractivity contribution < 1.29 is 9.59 Å². The number of carbonyl (C=O) groups is 2. The number of nitrogens with one attached hydrogen (secondary N) is 2. The van der Waals surface area contributed by atoms with Crippen molar-refractivity contribution in [2.45, 2.75) is 25.9 Å². The van der Waals surface area contributed by atoms with Gasteiger partial charge < -0.3 is 15.5 Å². The summed E-state index contributed by atoms with van der Waals surface area (Å²) in [5, 5.41) is 5.80. The van der Waals surface area contributed by atoms with Gasteiger partial charge in [-0.3, -0.25) is 9.80 Å². The summed E-state index contributed by atoms with van der Waals surface area (Å²) in [5.74, 6) is 0.382. The molecule has 0 spiro atoms. The van der Waals surface area contributed by atoms with E-state index in [-0.39, 0.29) is 18.1 Å². The maximum absolute atomic E-state index is 12.9. The summed E-state index contributed by atoms with van der Waals surface area (Å²) in [6.07, 6.45) is 0.950. The highest BCUT2D eigenvalue weighted by atomic mass is 16.2. The van der Waals surface area contributed by atoms with E-state index in [9.17, 15) is 9.59 Å². The average molecular weight is 422 g/mol. The lowest BCUT2D eigenvalue weighted by Crippen LogP contribution is -2.51. The monoisotopic (exact) mass is 421 g/mol. The summed E-state index contributed by atoms with van der Waals surface area (Å²) < 4.78 is 0. The summed E-state index contributed by atoms with van der Waals surface area (Å²) in [6.45, 7) is 6.38. The largest absolute Gasteiger partial charge is 0.336 e. The highest BCUT2D eigenvalue weighted by Gasteiger charge is 2.31. The van der Waals surface area contributed by atoms with Crippen LogP contribution in [0.2, 0.25) is 0 Å². The minimum atomic E-state index is -0.114. The fourth-order valence-electron chi connectivity index (χ4n) is 4.61. The Morgan fingerprint density at radius 1 is 1.16 bits per heavy atom. The van der Waals surface area contributed by atoms with Crippen molar-refractivity contribution in [1.82, 2.24) is 15.1 Å². The topological polar surface area (TPSA) is 67.9 Å². The fourth-order valence-corrected chi connectivity index (χ4v) is 4.61. The van der Waals surface area contributed by atoms with Crippen LogP contribution in [0.4, 0.5) is 21.0 Å². The van der Waals surface area contributed by atoms with Crippen LogP contribution >= 0.6 is 0 Å². The Hall–Kier alpha value is -3.06. The number of likely N-dealkylation sites (tertiary alicyclic amines) is 1. The molecule has 0 aromatic heterocycles. The molecule has 2 N–H and O–H groups in total. The lowest BCUT2D eigenvalue weighted by atomic mass is 9.92. The molecule has 164 valence electrons. The molecule has 7 nitrogen and oxygen atoms in total. The van der Waals surface area contributed by atoms with Crippen LogP contribution in [-0.2, 0) is 6.54 Å². The van der Waals surface area contributed by atoms with Gasteiger partial charge in [0.1, 0.15) is 0 Å². The van der Waals surface area contributed by atoms with Crippen LogP contribution in [0.3, 0.4) is 0 Å². The van der Waals surface area contributed by atoms with Gasteiger partial charge in [0.15, 0.2) is 0 Å². The average Bonchev–Trinajstić information content (AvgIpc) is 3.20. The van der Waals surface area contributed by atoms with Crippen LogP contribution in [-0.4, -0.2) is 61.1 Å². The van der Waals surface area contributed by atoms with Crippen LogP contribution in [0.1, 0.15) is 18.9 Å². The van der Waals surface area contributed by atoms with E-state index in [1.807, 2.05) is 42.3 Å². The number of benzene rings is 2. The van der Waals surface area contributed by atoms with E-state index >= 15 is 0 Å². The quantitative estimate of drug-likeness (QED) is 0.775. The Labute approximate surface area is 184 Å². The second-order valence-corrected chi connectivity index (χ2v) is 8.53. The maximum atomic E-state index is 12.9. The van der Waals surface area contributed by atoms with Gasteiger partial charge in [0.05, 0.1) is 0 Å². The third kappa shape index (κ3) is 4.99. The Balaban J connectivity index is 1.34. The van der Waals surface area contributed by atoms with Crippen molar-refractivity contribution >= 4 is 23.4 Å². The first-order chi connectivity index (χ1) is 15.0. The third-order valence-electron chi connectivity index (χ3n) is 6.28. The zero-order chi connectivity index (χ0) is 21.8. The van der Waals surface area contributed by atoms with Gasteiger partial charge in [-0.15, -0.1) is 0 Å². The van der Waals surface area contributed by atoms with Gasteiger partial charge in [0.2, 0.25) is 0 Å². The molecule has 2 fully saturated rings. The van der Waals surface area contributed by atoms with Crippen molar-refractivity contribution in [1.29, 1.82) is 0 Å². The van der Waals surface area contributed by atoms with E-state index in [4.69, 9.17) is 0 Å². The number of hydrogen-bond acceptors (Lipinski definition) is 3. The van der Waals surface area contributed by atoms with Crippen molar-refractivity contribution in [3.05, 3.63) is 60.2 Å². The van der Waals surface area contributed by atoms with Gasteiger partial charge in [-0.25, -0.2) is 9.59 Å². The molecule has 2 saturated heterocycles. The number of rotatable bonds is 5. The van der Waals surface area contributed by atoms with Crippen molar-refractivity contribution in [2.75, 3.05) is 43.4 Å². The molecule has 7 heteroatoms. The van der Waals surface area contributed by atoms with E-state index in [2.05, 4.69) is 46.7 Å². The Kier molecular flexibility index (Phi) is 6.42. The first kappa shape index (κ1) is 21.2. The summed E-state index contributed by atoms with van der Waals surface area (Å²) in [5.41, 5.74) is 2.81. The van der Waals surface area contributed by atoms with Crippen molar-refractivity contribution in [2.24, 2.45) is 5.92 Å². The van der Waals surface area contributed by atoms with Gasteiger partial charge in [-0.1, -0.05) is 43.3 Å². The van der Waals surface area contributed by atoms with Gasteiger partial charge in [0.25, 0.3) is 0 Å². The molecule has 2 aliphatic heterocycles. The normalized spacial score (nSPS) is 21.6. The molecule has 2 atom stereocenters. The molecule has 0 unspecified atom stereocenters. The molecule has 0 aliphatic carbocycles. The van der Waals surface area contributed by atoms with E-state index in [1.54, 1.807) is 4.90 Å².